The average Bonchev–Trinajstić information content (AvgIpc) is 4.14. The molecule has 0 aromatic carbocycles. The Balaban J connectivity index is -0.000000783. The van der Waals surface area contributed by atoms with Gasteiger partial charge >= 0.3 is 45.1 Å². The maximum atomic E-state index is 11.4. The fourth-order valence-corrected chi connectivity index (χ4v) is 6.82. The SMILES string of the molecule is CCn1cc[nH+]c1.CCn1cc[nH+]c1.CCn1cc[nH+]c1.CCn1ccnc1.CCn1ccnc1.CCn1ccnc1.O=S(=O)([N-]S(=O)(=O)C(F)(F)F)C(F)(F)F.O=S(=O)([N-]S(=O)(=O)C(F)(F)F)C(F)(F)F.[Mg+2]. The van der Waals surface area contributed by atoms with E-state index in [0.717, 1.165) is 47.5 Å². The second kappa shape index (κ2) is 33.7. The fraction of sp³-hybridized carbons (Fsp3) is 0.471. The molecule has 6 rings (SSSR count). The van der Waals surface area contributed by atoms with Gasteiger partial charge < -0.3 is 22.0 Å². The van der Waals surface area contributed by atoms with Crippen LogP contribution in [-0.4, -0.2) is 121 Å². The quantitative estimate of drug-likeness (QED) is 0.123. The third-order valence-electron chi connectivity index (χ3n) is 7.24. The molecule has 0 atom stereocenters. The van der Waals surface area contributed by atoms with Crippen molar-refractivity contribution in [2.45, 2.75) is 103 Å². The second-order valence-corrected chi connectivity index (χ2v) is 19.2. The van der Waals surface area contributed by atoms with Gasteiger partial charge in [-0.25, -0.2) is 62.3 Å². The third-order valence-corrected chi connectivity index (χ3v) is 12.7. The number of imidazole rings is 6. The molecular formula is C34H51F12MgN14O8S4+3. The monoisotopic (exact) mass is 1160 g/mol. The van der Waals surface area contributed by atoms with Crippen LogP contribution in [0.25, 0.3) is 8.25 Å². The average molecular weight is 1160 g/mol. The van der Waals surface area contributed by atoms with Gasteiger partial charge in [0.1, 0.15) is 37.2 Å². The zero-order valence-corrected chi connectivity index (χ0v) is 43.9. The molecule has 0 aliphatic heterocycles. The minimum Gasteiger partial charge on any atom is -0.421 e. The molecule has 0 saturated carbocycles. The van der Waals surface area contributed by atoms with Gasteiger partial charge in [0.05, 0.1) is 38.6 Å². The predicted molar refractivity (Wildman–Crippen MR) is 236 cm³/mol. The van der Waals surface area contributed by atoms with E-state index in [1.165, 1.54) is 0 Å². The summed E-state index contributed by atoms with van der Waals surface area (Å²) in [6, 6.07) is 0. The van der Waals surface area contributed by atoms with E-state index < -0.39 is 62.1 Å². The normalized spacial score (nSPS) is 11.6. The van der Waals surface area contributed by atoms with E-state index in [9.17, 15) is 86.4 Å². The largest absolute Gasteiger partial charge is 2.00 e. The Bertz CT molecular complexity index is 2270. The molecule has 22 nitrogen and oxygen atoms in total. The van der Waals surface area contributed by atoms with Gasteiger partial charge in [-0.05, 0) is 41.5 Å². The number of hydrogen-bond acceptors (Lipinski definition) is 11. The van der Waals surface area contributed by atoms with Crippen LogP contribution < -0.4 is 15.0 Å². The van der Waals surface area contributed by atoms with Gasteiger partial charge in [0.15, 0.2) is 40.1 Å². The number of nitrogens with zero attached hydrogens (tertiary/aromatic N) is 11. The number of aromatic nitrogens is 12. The Labute approximate surface area is 428 Å². The predicted octanol–water partition coefficient (Wildman–Crippen LogP) is 5.41. The number of rotatable bonds is 10. The molecule has 73 heavy (non-hydrogen) atoms. The van der Waals surface area contributed by atoms with E-state index >= 15 is 0 Å². The summed E-state index contributed by atoms with van der Waals surface area (Å²) in [6.07, 6.45) is 34.1. The summed E-state index contributed by atoms with van der Waals surface area (Å²) in [6.45, 7) is 18.7. The number of sulfonamides is 4. The maximum absolute atomic E-state index is 11.4. The van der Waals surface area contributed by atoms with Crippen molar-refractivity contribution < 1.29 is 101 Å². The molecule has 6 heterocycles. The standard InChI is InChI=1S/6C5H8N2.2C2F6NO4S2.Mg/c6*1-2-7-4-3-6-5-7;2*3-1(4,5)14(10,11)9-15(12,13)2(6,7)8;/h6*3-5H,2H2,1H3;;;/q;;;;;;2*-1;+2/p+3. The molecule has 0 unspecified atom stereocenters. The Morgan fingerprint density at radius 3 is 0.644 bits per heavy atom. The zero-order chi connectivity index (χ0) is 56.1. The Hall–Kier alpha value is -5.09. The summed E-state index contributed by atoms with van der Waals surface area (Å²) >= 11 is 0. The van der Waals surface area contributed by atoms with Crippen molar-refractivity contribution in [2.24, 2.45) is 0 Å². The number of aromatic amines is 3. The van der Waals surface area contributed by atoms with Crippen molar-refractivity contribution in [3.8, 4) is 0 Å². The molecule has 0 spiro atoms. The summed E-state index contributed by atoms with van der Waals surface area (Å²) in [5, 5.41) is 0. The molecular weight excluding hydrogens is 1110 g/mol. The van der Waals surface area contributed by atoms with Crippen LogP contribution in [0.1, 0.15) is 41.5 Å². The molecule has 6 aromatic rings. The van der Waals surface area contributed by atoms with Crippen LogP contribution in [0, 0.1) is 0 Å². The number of alkyl halides is 12. The molecule has 0 fully saturated rings. The zero-order valence-electron chi connectivity index (χ0n) is 39.2. The van der Waals surface area contributed by atoms with Crippen molar-refractivity contribution in [1.82, 2.24) is 42.4 Å². The van der Waals surface area contributed by atoms with Crippen LogP contribution >= 0.6 is 0 Å². The van der Waals surface area contributed by atoms with Crippen LogP contribution in [0.15, 0.2) is 112 Å². The van der Waals surface area contributed by atoms with Crippen molar-refractivity contribution >= 4 is 63.1 Å². The topological polar surface area (TPSA) is 275 Å². The molecule has 0 radical (unpaired) electrons. The number of nitrogens with one attached hydrogen (secondary N) is 3. The van der Waals surface area contributed by atoms with Gasteiger partial charge in [-0.1, -0.05) is 0 Å². The fourth-order valence-electron chi connectivity index (χ4n) is 3.40. The van der Waals surface area contributed by atoms with Crippen LogP contribution in [0.3, 0.4) is 0 Å². The molecule has 3 N–H and O–H groups in total. The second-order valence-electron chi connectivity index (χ2n) is 12.3. The molecule has 412 valence electrons. The van der Waals surface area contributed by atoms with Crippen molar-refractivity contribution in [3.63, 3.8) is 0 Å². The maximum Gasteiger partial charge on any atom is 2.00 e. The van der Waals surface area contributed by atoms with E-state index in [1.807, 2.05) is 88.5 Å². The number of halogens is 12. The van der Waals surface area contributed by atoms with Gasteiger partial charge in [-0.3, -0.25) is 15.0 Å². The first kappa shape index (κ1) is 72.2. The number of hydrogen-bond donors (Lipinski definition) is 0. The molecule has 0 aliphatic rings. The summed E-state index contributed by atoms with van der Waals surface area (Å²) in [5.41, 5.74) is -24.8. The smallest absolute Gasteiger partial charge is 0.421 e. The van der Waals surface area contributed by atoms with E-state index in [2.05, 4.69) is 85.1 Å². The van der Waals surface area contributed by atoms with E-state index in [0.29, 0.717) is 0 Å². The van der Waals surface area contributed by atoms with Gasteiger partial charge in [0.2, 0.25) is 19.0 Å². The van der Waals surface area contributed by atoms with Crippen LogP contribution in [-0.2, 0) is 79.4 Å². The summed E-state index contributed by atoms with van der Waals surface area (Å²) < 4.78 is 231. The molecule has 39 heteroatoms. The van der Waals surface area contributed by atoms with Crippen LogP contribution in [0.4, 0.5) is 52.7 Å². The summed E-state index contributed by atoms with van der Waals surface area (Å²) in [4.78, 5) is 20.4. The Kier molecular flexibility index (Phi) is 33.3. The molecule has 0 bridgehead atoms. The first-order valence-electron chi connectivity index (χ1n) is 19.7. The third kappa shape index (κ3) is 30.0. The van der Waals surface area contributed by atoms with Gasteiger partial charge in [0, 0.05) is 56.8 Å². The van der Waals surface area contributed by atoms with Gasteiger partial charge in [-0.15, -0.1) is 0 Å². The first-order valence-corrected chi connectivity index (χ1v) is 25.4. The molecule has 0 amide bonds. The van der Waals surface area contributed by atoms with Crippen molar-refractivity contribution in [2.75, 3.05) is 0 Å². The Morgan fingerprint density at radius 2 is 0.562 bits per heavy atom. The van der Waals surface area contributed by atoms with Gasteiger partial charge in [0.25, 0.3) is 0 Å². The van der Waals surface area contributed by atoms with E-state index in [-0.39, 0.29) is 23.1 Å². The molecule has 0 saturated heterocycles. The first-order chi connectivity index (χ1) is 33.0. The van der Waals surface area contributed by atoms with Crippen molar-refractivity contribution in [1.29, 1.82) is 0 Å². The number of H-pyrrole nitrogens is 3. The van der Waals surface area contributed by atoms with Crippen molar-refractivity contribution in [3.05, 3.63) is 121 Å². The van der Waals surface area contributed by atoms with E-state index in [1.54, 1.807) is 37.6 Å². The molecule has 0 aliphatic carbocycles. The Morgan fingerprint density at radius 1 is 0.370 bits per heavy atom. The van der Waals surface area contributed by atoms with E-state index in [4.69, 9.17) is 0 Å². The minimum atomic E-state index is -6.72. The van der Waals surface area contributed by atoms with Gasteiger partial charge in [-0.2, -0.15) is 52.7 Å². The van der Waals surface area contributed by atoms with Crippen LogP contribution in [0.2, 0.25) is 0 Å². The van der Waals surface area contributed by atoms with Crippen LogP contribution in [0.5, 0.6) is 0 Å². The minimum absolute atomic E-state index is 0. The summed E-state index contributed by atoms with van der Waals surface area (Å²) in [5.74, 6) is 0. The number of aryl methyl sites for hydroxylation is 6. The molecule has 6 aromatic heterocycles. The summed E-state index contributed by atoms with van der Waals surface area (Å²) in [7, 11) is -26.9.